The summed E-state index contributed by atoms with van der Waals surface area (Å²) in [5.74, 6) is -0.412. The molecule has 2 heterocycles. The zero-order valence-electron chi connectivity index (χ0n) is 9.89. The zero-order valence-corrected chi connectivity index (χ0v) is 9.89. The van der Waals surface area contributed by atoms with Crippen molar-refractivity contribution in [3.8, 4) is 11.5 Å². The van der Waals surface area contributed by atoms with E-state index in [1.807, 2.05) is 24.3 Å². The van der Waals surface area contributed by atoms with E-state index in [1.54, 1.807) is 23.2 Å². The smallest absolute Gasteiger partial charge is 0.323 e. The minimum Gasteiger partial charge on any atom is -0.480 e. The molecule has 0 aliphatic carbocycles. The average Bonchev–Trinajstić information content (AvgIpc) is 2.78. The predicted molar refractivity (Wildman–Crippen MR) is 68.4 cm³/mol. The van der Waals surface area contributed by atoms with Crippen LogP contribution in [0.1, 0.15) is 0 Å². The van der Waals surface area contributed by atoms with Crippen molar-refractivity contribution in [3.63, 3.8) is 0 Å². The minimum atomic E-state index is -0.923. The van der Waals surface area contributed by atoms with Crippen molar-refractivity contribution >= 4 is 17.0 Å². The molecule has 0 amide bonds. The van der Waals surface area contributed by atoms with Gasteiger partial charge in [-0.3, -0.25) is 9.78 Å². The highest BCUT2D eigenvalue weighted by atomic mass is 16.4. The van der Waals surface area contributed by atoms with Crippen LogP contribution in [0, 0.1) is 0 Å². The quantitative estimate of drug-likeness (QED) is 0.767. The van der Waals surface area contributed by atoms with Crippen LogP contribution >= 0.6 is 0 Å². The van der Waals surface area contributed by atoms with E-state index >= 15 is 0 Å². The van der Waals surface area contributed by atoms with E-state index in [0.29, 0.717) is 11.5 Å². The van der Waals surface area contributed by atoms with Gasteiger partial charge in [-0.05, 0) is 12.1 Å². The predicted octanol–water partition coefficient (Wildman–Crippen LogP) is 1.58. The number of carboxylic acid groups (broad SMARTS) is 1. The lowest BCUT2D eigenvalue weighted by Gasteiger charge is -2.04. The van der Waals surface area contributed by atoms with Gasteiger partial charge in [0.1, 0.15) is 12.2 Å². The molecule has 0 fully saturated rings. The van der Waals surface area contributed by atoms with Gasteiger partial charge in [0.25, 0.3) is 0 Å². The van der Waals surface area contributed by atoms with Crippen molar-refractivity contribution in [3.05, 3.63) is 42.9 Å². The normalized spacial score (nSPS) is 10.7. The summed E-state index contributed by atoms with van der Waals surface area (Å²) < 4.78 is 1.63. The van der Waals surface area contributed by atoms with Gasteiger partial charge in [-0.2, -0.15) is 0 Å². The van der Waals surface area contributed by atoms with Crippen molar-refractivity contribution in [1.82, 2.24) is 19.5 Å². The Balaban J connectivity index is 2.26. The molecule has 0 aliphatic rings. The largest absolute Gasteiger partial charge is 0.480 e. The first-order valence-electron chi connectivity index (χ1n) is 5.69. The molecule has 6 nitrogen and oxygen atoms in total. The Morgan fingerprint density at radius 3 is 2.84 bits per heavy atom. The van der Waals surface area contributed by atoms with Gasteiger partial charge in [0.15, 0.2) is 5.82 Å². The third-order valence-corrected chi connectivity index (χ3v) is 2.74. The van der Waals surface area contributed by atoms with Gasteiger partial charge in [-0.1, -0.05) is 12.1 Å². The van der Waals surface area contributed by atoms with Gasteiger partial charge in [0.05, 0.1) is 17.2 Å². The minimum absolute atomic E-state index is 0.160. The SMILES string of the molecule is O=C(O)Cn1c(-c2cnccn2)nc2ccccc21. The molecule has 1 aromatic carbocycles. The second-order valence-corrected chi connectivity index (χ2v) is 3.99. The summed E-state index contributed by atoms with van der Waals surface area (Å²) in [5.41, 5.74) is 2.06. The van der Waals surface area contributed by atoms with E-state index < -0.39 is 5.97 Å². The Kier molecular flexibility index (Phi) is 2.68. The summed E-state index contributed by atoms with van der Waals surface area (Å²) in [7, 11) is 0. The van der Waals surface area contributed by atoms with Crippen LogP contribution in [0.5, 0.6) is 0 Å². The number of benzene rings is 1. The molecule has 0 saturated heterocycles. The van der Waals surface area contributed by atoms with Gasteiger partial charge in [0.2, 0.25) is 0 Å². The molecule has 6 heteroatoms. The molecule has 3 rings (SSSR count). The zero-order chi connectivity index (χ0) is 13.2. The lowest BCUT2D eigenvalue weighted by molar-refractivity contribution is -0.137. The maximum atomic E-state index is 11.0. The van der Waals surface area contributed by atoms with Crippen LogP contribution in [0.3, 0.4) is 0 Å². The number of aliphatic carboxylic acids is 1. The third-order valence-electron chi connectivity index (χ3n) is 2.74. The third kappa shape index (κ3) is 2.03. The van der Waals surface area contributed by atoms with Gasteiger partial charge >= 0.3 is 5.97 Å². The first kappa shape index (κ1) is 11.3. The number of nitrogens with zero attached hydrogens (tertiary/aromatic N) is 4. The molecule has 0 bridgehead atoms. The molecule has 3 aromatic rings. The fourth-order valence-corrected chi connectivity index (χ4v) is 1.98. The standard InChI is InChI=1S/C13H10N4O2/c18-12(19)8-17-11-4-2-1-3-9(11)16-13(17)10-7-14-5-6-15-10/h1-7H,8H2,(H,18,19). The van der Waals surface area contributed by atoms with Crippen LogP contribution in [0.25, 0.3) is 22.6 Å². The lowest BCUT2D eigenvalue weighted by Crippen LogP contribution is -2.10. The Labute approximate surface area is 108 Å². The Morgan fingerprint density at radius 1 is 1.26 bits per heavy atom. The Hall–Kier alpha value is -2.76. The second-order valence-electron chi connectivity index (χ2n) is 3.99. The molecular weight excluding hydrogens is 244 g/mol. The summed E-state index contributed by atoms with van der Waals surface area (Å²) in [5, 5.41) is 9.03. The molecule has 0 atom stereocenters. The highest BCUT2D eigenvalue weighted by Crippen LogP contribution is 2.22. The summed E-state index contributed by atoms with van der Waals surface area (Å²) in [6.45, 7) is -0.160. The van der Waals surface area contributed by atoms with Crippen molar-refractivity contribution in [2.75, 3.05) is 0 Å². The highest BCUT2D eigenvalue weighted by Gasteiger charge is 2.15. The van der Waals surface area contributed by atoms with Crippen LogP contribution in [0.15, 0.2) is 42.9 Å². The summed E-state index contributed by atoms with van der Waals surface area (Å²) in [6, 6.07) is 7.39. The van der Waals surface area contributed by atoms with Gasteiger partial charge in [0, 0.05) is 12.4 Å². The van der Waals surface area contributed by atoms with E-state index in [2.05, 4.69) is 15.0 Å². The van der Waals surface area contributed by atoms with Crippen molar-refractivity contribution < 1.29 is 9.90 Å². The van der Waals surface area contributed by atoms with Gasteiger partial charge in [-0.25, -0.2) is 9.97 Å². The molecule has 0 unspecified atom stereocenters. The van der Waals surface area contributed by atoms with Crippen LogP contribution in [-0.4, -0.2) is 30.6 Å². The van der Waals surface area contributed by atoms with Crippen molar-refractivity contribution in [1.29, 1.82) is 0 Å². The van der Waals surface area contributed by atoms with Crippen molar-refractivity contribution in [2.24, 2.45) is 0 Å². The maximum absolute atomic E-state index is 11.0. The number of carboxylic acids is 1. The maximum Gasteiger partial charge on any atom is 0.323 e. The molecule has 1 N–H and O–H groups in total. The highest BCUT2D eigenvalue weighted by molar-refractivity contribution is 5.82. The van der Waals surface area contributed by atoms with Crippen LogP contribution < -0.4 is 0 Å². The van der Waals surface area contributed by atoms with Crippen LogP contribution in [0.4, 0.5) is 0 Å². The molecule has 2 aromatic heterocycles. The molecular formula is C13H10N4O2. The Morgan fingerprint density at radius 2 is 2.11 bits per heavy atom. The van der Waals surface area contributed by atoms with E-state index in [-0.39, 0.29) is 6.54 Å². The van der Waals surface area contributed by atoms with Gasteiger partial charge < -0.3 is 9.67 Å². The number of rotatable bonds is 3. The molecule has 94 valence electrons. The van der Waals surface area contributed by atoms with E-state index in [4.69, 9.17) is 5.11 Å². The summed E-state index contributed by atoms with van der Waals surface area (Å²) >= 11 is 0. The van der Waals surface area contributed by atoms with Crippen LogP contribution in [-0.2, 0) is 11.3 Å². The molecule has 19 heavy (non-hydrogen) atoms. The molecule has 0 aliphatic heterocycles. The summed E-state index contributed by atoms with van der Waals surface area (Å²) in [4.78, 5) is 23.6. The fourth-order valence-electron chi connectivity index (χ4n) is 1.98. The summed E-state index contributed by atoms with van der Waals surface area (Å²) in [6.07, 6.45) is 4.69. The fraction of sp³-hybridized carbons (Fsp3) is 0.0769. The monoisotopic (exact) mass is 254 g/mol. The van der Waals surface area contributed by atoms with E-state index in [0.717, 1.165) is 11.0 Å². The van der Waals surface area contributed by atoms with Crippen LogP contribution in [0.2, 0.25) is 0 Å². The number of para-hydroxylation sites is 2. The average molecular weight is 254 g/mol. The number of hydrogen-bond donors (Lipinski definition) is 1. The number of imidazole rings is 1. The second kappa shape index (κ2) is 4.49. The number of carbonyl (C=O) groups is 1. The Bertz CT molecular complexity index is 737. The van der Waals surface area contributed by atoms with Crippen molar-refractivity contribution in [2.45, 2.75) is 6.54 Å². The molecule has 0 radical (unpaired) electrons. The van der Waals surface area contributed by atoms with Gasteiger partial charge in [-0.15, -0.1) is 0 Å². The molecule has 0 spiro atoms. The number of hydrogen-bond acceptors (Lipinski definition) is 4. The van der Waals surface area contributed by atoms with E-state index in [9.17, 15) is 4.79 Å². The first-order chi connectivity index (χ1) is 9.25. The number of fused-ring (bicyclic) bond motifs is 1. The molecule has 0 saturated carbocycles. The first-order valence-corrected chi connectivity index (χ1v) is 5.69. The lowest BCUT2D eigenvalue weighted by atomic mass is 10.3. The number of aromatic nitrogens is 4. The van der Waals surface area contributed by atoms with E-state index in [1.165, 1.54) is 0 Å². The topological polar surface area (TPSA) is 80.9 Å².